The first kappa shape index (κ1) is 20.3. The maximum atomic E-state index is 12.3. The minimum absolute atomic E-state index is 0.240. The molecule has 0 saturated heterocycles. The zero-order valence-electron chi connectivity index (χ0n) is 16.8. The first-order valence-corrected chi connectivity index (χ1v) is 9.51. The van der Waals surface area contributed by atoms with Crippen LogP contribution in [0.1, 0.15) is 31.9 Å². The quantitative estimate of drug-likeness (QED) is 0.563. The summed E-state index contributed by atoms with van der Waals surface area (Å²) in [5.74, 6) is 1.13. The van der Waals surface area contributed by atoms with Gasteiger partial charge in [-0.1, -0.05) is 50.2 Å². The van der Waals surface area contributed by atoms with E-state index in [0.29, 0.717) is 23.8 Å². The molecule has 5 nitrogen and oxygen atoms in total. The summed E-state index contributed by atoms with van der Waals surface area (Å²) in [6.07, 6.45) is -0.586. The van der Waals surface area contributed by atoms with E-state index in [1.807, 2.05) is 49.4 Å². The molecule has 0 aliphatic heterocycles. The molecule has 0 heterocycles. The van der Waals surface area contributed by atoms with Gasteiger partial charge < -0.3 is 14.6 Å². The van der Waals surface area contributed by atoms with Crippen molar-refractivity contribution in [3.05, 3.63) is 83.9 Å². The van der Waals surface area contributed by atoms with Crippen molar-refractivity contribution in [1.82, 2.24) is 0 Å². The summed E-state index contributed by atoms with van der Waals surface area (Å²) in [6.45, 7) is 6.53. The number of benzene rings is 3. The third-order valence-electron chi connectivity index (χ3n) is 4.77. The summed E-state index contributed by atoms with van der Waals surface area (Å²) in [6, 6.07) is 21.8. The van der Waals surface area contributed by atoms with Gasteiger partial charge in [0, 0.05) is 11.1 Å². The van der Waals surface area contributed by atoms with Crippen molar-refractivity contribution in [2.24, 2.45) is 0 Å². The van der Waals surface area contributed by atoms with E-state index in [4.69, 9.17) is 9.47 Å². The molecule has 150 valence electrons. The molecule has 3 aromatic carbocycles. The van der Waals surface area contributed by atoms with E-state index in [0.717, 1.165) is 11.1 Å². The summed E-state index contributed by atoms with van der Waals surface area (Å²) >= 11 is 0. The Balaban J connectivity index is 1.70. The molecule has 2 N–H and O–H groups in total. The lowest BCUT2D eigenvalue weighted by atomic mass is 9.78. The number of carbonyl (C=O) groups excluding carboxylic acids is 1. The van der Waals surface area contributed by atoms with Crippen LogP contribution in [0.25, 0.3) is 0 Å². The van der Waals surface area contributed by atoms with Crippen LogP contribution in [-0.4, -0.2) is 17.8 Å². The van der Waals surface area contributed by atoms with Gasteiger partial charge in [-0.2, -0.15) is 0 Å². The van der Waals surface area contributed by atoms with Crippen molar-refractivity contribution in [2.45, 2.75) is 26.2 Å². The molecule has 0 fully saturated rings. The van der Waals surface area contributed by atoms with E-state index >= 15 is 0 Å². The second-order valence-electron chi connectivity index (χ2n) is 7.15. The van der Waals surface area contributed by atoms with E-state index in [1.165, 1.54) is 0 Å². The number of anilines is 1. The molecule has 0 aliphatic rings. The van der Waals surface area contributed by atoms with Crippen molar-refractivity contribution in [2.75, 3.05) is 11.9 Å². The molecule has 0 aromatic heterocycles. The van der Waals surface area contributed by atoms with Crippen molar-refractivity contribution < 1.29 is 19.4 Å². The number of para-hydroxylation sites is 2. The Morgan fingerprint density at radius 1 is 0.931 bits per heavy atom. The largest absolute Gasteiger partial charge is 0.508 e. The van der Waals surface area contributed by atoms with E-state index in [2.05, 4.69) is 19.2 Å². The Morgan fingerprint density at radius 2 is 1.62 bits per heavy atom. The zero-order chi connectivity index (χ0) is 20.9. The van der Waals surface area contributed by atoms with Gasteiger partial charge in [-0.25, -0.2) is 4.79 Å². The molecule has 29 heavy (non-hydrogen) atoms. The number of phenols is 1. The fraction of sp³-hybridized carbons (Fsp3) is 0.208. The van der Waals surface area contributed by atoms with Gasteiger partial charge in [0.25, 0.3) is 0 Å². The predicted molar refractivity (Wildman–Crippen MR) is 114 cm³/mol. The number of ether oxygens (including phenoxy) is 2. The fourth-order valence-electron chi connectivity index (χ4n) is 3.08. The Bertz CT molecular complexity index is 980. The summed E-state index contributed by atoms with van der Waals surface area (Å²) < 4.78 is 10.8. The lowest BCUT2D eigenvalue weighted by Gasteiger charge is -2.26. The summed E-state index contributed by atoms with van der Waals surface area (Å²) in [4.78, 5) is 12.3. The summed E-state index contributed by atoms with van der Waals surface area (Å²) in [5, 5.41) is 12.5. The third-order valence-corrected chi connectivity index (χ3v) is 4.77. The van der Waals surface area contributed by atoms with Crippen LogP contribution in [0.4, 0.5) is 10.5 Å². The van der Waals surface area contributed by atoms with E-state index in [1.54, 1.807) is 30.3 Å². The smallest absolute Gasteiger partial charge is 0.417 e. The molecule has 0 saturated carbocycles. The number of amides is 1. The number of phenolic OH excluding ortho intramolecular Hbond substituents is 1. The van der Waals surface area contributed by atoms with Gasteiger partial charge in [-0.05, 0) is 54.4 Å². The molecule has 0 bridgehead atoms. The fourth-order valence-corrected chi connectivity index (χ4v) is 3.08. The number of nitrogens with one attached hydrogen (secondary N) is 1. The molecule has 3 aromatic rings. The highest BCUT2D eigenvalue weighted by atomic mass is 16.6. The minimum Gasteiger partial charge on any atom is -0.508 e. The predicted octanol–water partition coefficient (Wildman–Crippen LogP) is 5.73. The average molecular weight is 391 g/mol. The lowest BCUT2D eigenvalue weighted by Crippen LogP contribution is -2.20. The maximum Gasteiger partial charge on any atom is 0.417 e. The summed E-state index contributed by atoms with van der Waals surface area (Å²) in [7, 11) is 0. The van der Waals surface area contributed by atoms with Crippen LogP contribution in [0.2, 0.25) is 0 Å². The lowest BCUT2D eigenvalue weighted by molar-refractivity contribution is 0.212. The van der Waals surface area contributed by atoms with Crippen LogP contribution in [0, 0.1) is 0 Å². The maximum absolute atomic E-state index is 12.3. The molecule has 3 rings (SSSR count). The zero-order valence-corrected chi connectivity index (χ0v) is 16.8. The highest BCUT2D eigenvalue weighted by molar-refractivity contribution is 5.86. The van der Waals surface area contributed by atoms with Crippen molar-refractivity contribution in [1.29, 1.82) is 0 Å². The highest BCUT2D eigenvalue weighted by Crippen LogP contribution is 2.33. The standard InChI is InChI=1S/C24H25NO4/c1-4-28-21-10-5-6-11-22(21)29-23(27)25-19-14-12-17(13-15-19)24(2,3)18-8-7-9-20(26)16-18/h5-16,26H,4H2,1-3H3,(H,25,27). The Hall–Kier alpha value is -3.47. The second-order valence-corrected chi connectivity index (χ2v) is 7.15. The third kappa shape index (κ3) is 4.88. The highest BCUT2D eigenvalue weighted by Gasteiger charge is 2.23. The molecular formula is C24H25NO4. The van der Waals surface area contributed by atoms with Gasteiger partial charge in [0.05, 0.1) is 6.61 Å². The Morgan fingerprint density at radius 3 is 2.28 bits per heavy atom. The molecule has 0 unspecified atom stereocenters. The molecule has 1 amide bonds. The molecule has 0 radical (unpaired) electrons. The van der Waals surface area contributed by atoms with Crippen LogP contribution in [-0.2, 0) is 5.41 Å². The van der Waals surface area contributed by atoms with Gasteiger partial charge in [0.1, 0.15) is 5.75 Å². The van der Waals surface area contributed by atoms with Crippen molar-refractivity contribution in [3.63, 3.8) is 0 Å². The van der Waals surface area contributed by atoms with Crippen LogP contribution < -0.4 is 14.8 Å². The van der Waals surface area contributed by atoms with Crippen LogP contribution >= 0.6 is 0 Å². The monoisotopic (exact) mass is 391 g/mol. The Kier molecular flexibility index (Phi) is 6.07. The van der Waals surface area contributed by atoms with Crippen LogP contribution in [0.15, 0.2) is 72.8 Å². The molecule has 0 aliphatic carbocycles. The normalized spacial score (nSPS) is 11.0. The minimum atomic E-state index is -0.586. The first-order chi connectivity index (χ1) is 13.9. The van der Waals surface area contributed by atoms with E-state index in [-0.39, 0.29) is 11.2 Å². The van der Waals surface area contributed by atoms with Gasteiger partial charge in [0.2, 0.25) is 0 Å². The topological polar surface area (TPSA) is 67.8 Å². The number of carbonyl (C=O) groups is 1. The number of aromatic hydroxyl groups is 1. The molecule has 0 atom stereocenters. The van der Waals surface area contributed by atoms with Crippen molar-refractivity contribution in [3.8, 4) is 17.2 Å². The average Bonchev–Trinajstić information content (AvgIpc) is 2.70. The summed E-state index contributed by atoms with van der Waals surface area (Å²) in [5.41, 5.74) is 2.39. The first-order valence-electron chi connectivity index (χ1n) is 9.51. The van der Waals surface area contributed by atoms with E-state index < -0.39 is 6.09 Å². The van der Waals surface area contributed by atoms with E-state index in [9.17, 15) is 9.90 Å². The van der Waals surface area contributed by atoms with Gasteiger partial charge in [-0.3, -0.25) is 5.32 Å². The van der Waals surface area contributed by atoms with Crippen LogP contribution in [0.3, 0.4) is 0 Å². The molecule has 0 spiro atoms. The SMILES string of the molecule is CCOc1ccccc1OC(=O)Nc1ccc(C(C)(C)c2cccc(O)c2)cc1. The van der Waals surface area contributed by atoms with Gasteiger partial charge in [-0.15, -0.1) is 0 Å². The van der Waals surface area contributed by atoms with Crippen molar-refractivity contribution >= 4 is 11.8 Å². The van der Waals surface area contributed by atoms with Crippen LogP contribution in [0.5, 0.6) is 17.2 Å². The van der Waals surface area contributed by atoms with Gasteiger partial charge in [0.15, 0.2) is 11.5 Å². The number of rotatable bonds is 6. The Labute approximate surface area is 170 Å². The molecule has 5 heteroatoms. The number of hydrogen-bond donors (Lipinski definition) is 2. The molecular weight excluding hydrogens is 366 g/mol. The second kappa shape index (κ2) is 8.69. The van der Waals surface area contributed by atoms with Gasteiger partial charge >= 0.3 is 6.09 Å². The number of hydrogen-bond acceptors (Lipinski definition) is 4.